The molecule has 90 valence electrons. The van der Waals surface area contributed by atoms with Crippen molar-refractivity contribution >= 4 is 11.1 Å². The van der Waals surface area contributed by atoms with Gasteiger partial charge in [-0.25, -0.2) is 12.1 Å². The van der Waals surface area contributed by atoms with Crippen LogP contribution in [0.4, 0.5) is 0 Å². The molecule has 0 heterocycles. The molecule has 0 amide bonds. The number of rotatable bonds is 2. The summed E-state index contributed by atoms with van der Waals surface area (Å²) in [5.41, 5.74) is 0.674. The second kappa shape index (κ2) is 24.4. The molecule has 0 saturated heterocycles. The van der Waals surface area contributed by atoms with Crippen LogP contribution < -0.4 is 0 Å². The first-order valence-electron chi connectivity index (χ1n) is 3.90. The molecule has 1 atom stereocenters. The summed E-state index contributed by atoms with van der Waals surface area (Å²) < 4.78 is 34.5. The minimum Gasteiger partial charge on any atom is -0.214 e. The van der Waals surface area contributed by atoms with Gasteiger partial charge in [-0.3, -0.25) is 4.21 Å². The first-order chi connectivity index (χ1) is 7.63. The number of hydrogen-bond acceptors (Lipinski definition) is 2. The molecule has 4 nitrogen and oxygen atoms in total. The minimum atomic E-state index is -1.95. The molecular weight excluding hydrogens is 284 g/mol. The van der Waals surface area contributed by atoms with Crippen LogP contribution in [0, 0.1) is 13.3 Å². The van der Waals surface area contributed by atoms with Gasteiger partial charge >= 0.3 is 39.7 Å². The molecule has 1 rings (SSSR count). The molecule has 0 aromatic heterocycles. The second-order valence-electron chi connectivity index (χ2n) is 2.37. The van der Waals surface area contributed by atoms with Crippen molar-refractivity contribution in [2.24, 2.45) is 0 Å². The topological polar surface area (TPSA) is 79.9 Å². The summed E-state index contributed by atoms with van der Waals surface area (Å²) in [6, 6.07) is 10.0. The molecule has 1 aromatic carbocycles. The molecule has 6 heteroatoms. The molecule has 0 fully saturated rings. The van der Waals surface area contributed by atoms with E-state index in [1.807, 2.05) is 30.3 Å². The number of hydrogen-bond donors (Lipinski definition) is 0. The zero-order chi connectivity index (χ0) is 13.4. The molecule has 0 bridgehead atoms. The maximum atomic E-state index is 9.75. The first kappa shape index (κ1) is 25.1. The zero-order valence-electron chi connectivity index (χ0n) is 9.20. The third-order valence-corrected chi connectivity index (χ3v) is 1.65. The van der Waals surface area contributed by atoms with Crippen molar-refractivity contribution < 1.29 is 35.1 Å². The van der Waals surface area contributed by atoms with Crippen molar-refractivity contribution in [2.45, 2.75) is 6.92 Å². The van der Waals surface area contributed by atoms with Crippen LogP contribution in [0.1, 0.15) is 6.92 Å². The molecule has 0 radical (unpaired) electrons. The van der Waals surface area contributed by atoms with Gasteiger partial charge in [-0.05, 0) is 6.92 Å². The Hall–Kier alpha value is -0.801. The Morgan fingerprint density at radius 2 is 1.71 bits per heavy atom. The Labute approximate surface area is 115 Å². The van der Waals surface area contributed by atoms with Crippen LogP contribution in [0.25, 0.3) is 0 Å². The summed E-state index contributed by atoms with van der Waals surface area (Å²) in [4.78, 5) is 0. The summed E-state index contributed by atoms with van der Waals surface area (Å²) in [6.45, 7) is 14.1. The van der Waals surface area contributed by atoms with E-state index in [-0.39, 0.29) is 22.8 Å². The van der Waals surface area contributed by atoms with Gasteiger partial charge in [-0.15, -0.1) is 0 Å². The molecule has 0 saturated carbocycles. The van der Waals surface area contributed by atoms with Crippen molar-refractivity contribution in [1.82, 2.24) is 0 Å². The Morgan fingerprint density at radius 3 is 1.76 bits per heavy atom. The molecule has 0 aliphatic rings. The normalized spacial score (nSPS) is 8.12. The monoisotopic (exact) mass is 296 g/mol. The van der Waals surface area contributed by atoms with Crippen molar-refractivity contribution in [3.05, 3.63) is 55.8 Å². The fraction of sp³-hybridized carbons (Fsp3) is 0.182. The van der Waals surface area contributed by atoms with Gasteiger partial charge in [0.15, 0.2) is 0 Å². The van der Waals surface area contributed by atoms with E-state index in [0.29, 0.717) is 5.57 Å². The van der Waals surface area contributed by atoms with Gasteiger partial charge in [0, 0.05) is 5.75 Å². The van der Waals surface area contributed by atoms with E-state index in [1.54, 1.807) is 6.92 Å². The summed E-state index contributed by atoms with van der Waals surface area (Å²) >= 11 is -1.95. The van der Waals surface area contributed by atoms with Crippen LogP contribution in [0.5, 0.6) is 0 Å². The molecule has 1 aromatic rings. The van der Waals surface area contributed by atoms with Crippen LogP contribution >= 0.6 is 0 Å². The van der Waals surface area contributed by atoms with Crippen molar-refractivity contribution in [1.29, 1.82) is 0 Å². The van der Waals surface area contributed by atoms with E-state index in [1.165, 1.54) is 0 Å². The van der Waals surface area contributed by atoms with Crippen molar-refractivity contribution in [3.8, 4) is 0 Å². The summed E-state index contributed by atoms with van der Waals surface area (Å²) in [5, 5.41) is 0. The predicted molar refractivity (Wildman–Crippen MR) is 58.5 cm³/mol. The summed E-state index contributed by atoms with van der Waals surface area (Å²) in [7, 11) is 0. The average Bonchev–Trinajstić information content (AvgIpc) is 2.80. The second-order valence-corrected chi connectivity index (χ2v) is 3.26. The minimum absolute atomic E-state index is 0. The Balaban J connectivity index is -0.0000000747. The van der Waals surface area contributed by atoms with Gasteiger partial charge in [-0.2, -0.15) is 18.2 Å². The molecule has 0 N–H and O–H groups in total. The van der Waals surface area contributed by atoms with Crippen LogP contribution in [0.3, 0.4) is 0 Å². The summed E-state index contributed by atoms with van der Waals surface area (Å²) in [5.74, 6) is 0.0833. The smallest absolute Gasteiger partial charge is 0.214 e. The fourth-order valence-corrected chi connectivity index (χ4v) is 0.924. The Kier molecular flexibility index (Phi) is 36.1. The maximum Gasteiger partial charge on any atom is 6.00 e. The van der Waals surface area contributed by atoms with Gasteiger partial charge in [0.1, 0.15) is 0 Å². The van der Waals surface area contributed by atoms with Gasteiger partial charge < -0.3 is 4.55 Å². The maximum absolute atomic E-state index is 9.75. The van der Waals surface area contributed by atoms with E-state index in [2.05, 4.69) is 19.9 Å². The quantitative estimate of drug-likeness (QED) is 0.274. The van der Waals surface area contributed by atoms with Gasteiger partial charge in [-0.1, -0.05) is 23.2 Å². The molecule has 1 unspecified atom stereocenters. The zero-order valence-corrected chi connectivity index (χ0v) is 11.1. The van der Waals surface area contributed by atoms with Gasteiger partial charge in [0.2, 0.25) is 0 Å². The average molecular weight is 296 g/mol. The fourth-order valence-electron chi connectivity index (χ4n) is 0.522. The van der Waals surface area contributed by atoms with Crippen LogP contribution in [0.2, 0.25) is 0 Å². The van der Waals surface area contributed by atoms with Crippen molar-refractivity contribution in [3.63, 3.8) is 0 Å². The standard InChI is InChI=1S/C5H5.C4H8O2S.2CO.Fe/c1-2-4-5-3-1;1-4(2)3-7(5)6;2*1-2;/h1-5H;1,3H2,2H3,(H,5,6);;;/q-1;;;;+6/p-1. The third-order valence-electron chi connectivity index (χ3n) is 0.920. The molecule has 0 spiro atoms. The van der Waals surface area contributed by atoms with E-state index in [4.69, 9.17) is 9.30 Å². The van der Waals surface area contributed by atoms with Gasteiger partial charge in [0.05, 0.1) is 0 Å². The molecule has 17 heavy (non-hydrogen) atoms. The molecule has 0 aliphatic heterocycles. The van der Waals surface area contributed by atoms with E-state index < -0.39 is 11.1 Å². The largest absolute Gasteiger partial charge is 6.00 e. The Bertz CT molecular complexity index is 269. The summed E-state index contributed by atoms with van der Waals surface area (Å²) in [6.07, 6.45) is 0. The van der Waals surface area contributed by atoms with E-state index in [0.717, 1.165) is 0 Å². The third kappa shape index (κ3) is 39.4. The van der Waals surface area contributed by atoms with Crippen LogP contribution in [0.15, 0.2) is 42.5 Å². The van der Waals surface area contributed by atoms with Gasteiger partial charge in [0.25, 0.3) is 0 Å². The van der Waals surface area contributed by atoms with Crippen LogP contribution in [-0.2, 0) is 37.5 Å². The van der Waals surface area contributed by atoms with E-state index >= 15 is 0 Å². The van der Waals surface area contributed by atoms with E-state index in [9.17, 15) is 8.76 Å². The SMILES string of the molecule is C=C(C)CS(=O)[O-].[C-]#[O+].[C-]#[O+].[Fe+6].c1cc[cH-]c1. The molecular formula is C11H12FeO4S+4. The first-order valence-corrected chi connectivity index (χ1v) is 5.15. The van der Waals surface area contributed by atoms with Crippen molar-refractivity contribution in [2.75, 3.05) is 5.75 Å². The predicted octanol–water partition coefficient (Wildman–Crippen LogP) is 1.77. The Morgan fingerprint density at radius 1 is 1.35 bits per heavy atom. The van der Waals surface area contributed by atoms with Crippen LogP contribution in [-0.4, -0.2) is 14.5 Å². The molecule has 0 aliphatic carbocycles.